The van der Waals surface area contributed by atoms with Crippen molar-refractivity contribution < 1.29 is 9.59 Å². The number of benzene rings is 1. The van der Waals surface area contributed by atoms with Crippen LogP contribution in [0.2, 0.25) is 0 Å². The maximum absolute atomic E-state index is 12.5. The number of nitrogens with one attached hydrogen (secondary N) is 2. The number of halogens is 1. The summed E-state index contributed by atoms with van der Waals surface area (Å²) in [6.45, 7) is 0. The molecule has 1 saturated carbocycles. The Morgan fingerprint density at radius 3 is 2.46 bits per heavy atom. The second-order valence-electron chi connectivity index (χ2n) is 6.30. The van der Waals surface area contributed by atoms with Crippen LogP contribution in [0.5, 0.6) is 0 Å². The Labute approximate surface area is 150 Å². The molecule has 128 valence electrons. The number of hydrogen-bond donors (Lipinski definition) is 2. The van der Waals surface area contributed by atoms with E-state index in [4.69, 9.17) is 0 Å². The maximum atomic E-state index is 12.5. The molecular formula is C18H22BrN3O2. The first-order valence-electron chi connectivity index (χ1n) is 8.50. The highest BCUT2D eigenvalue weighted by molar-refractivity contribution is 9.10. The third-order valence-electron chi connectivity index (χ3n) is 4.48. The van der Waals surface area contributed by atoms with Crippen LogP contribution in [0.4, 0.5) is 5.69 Å². The van der Waals surface area contributed by atoms with Gasteiger partial charge in [-0.3, -0.25) is 15.0 Å². The first-order chi connectivity index (χ1) is 11.6. The van der Waals surface area contributed by atoms with Crippen molar-refractivity contribution in [3.63, 3.8) is 0 Å². The van der Waals surface area contributed by atoms with Crippen molar-refractivity contribution in [2.75, 3.05) is 5.01 Å². The molecule has 1 heterocycles. The largest absolute Gasteiger partial charge is 0.348 e. The minimum absolute atomic E-state index is 0.0802. The van der Waals surface area contributed by atoms with Crippen LogP contribution in [0.15, 0.2) is 40.5 Å². The summed E-state index contributed by atoms with van der Waals surface area (Å²) < 4.78 is 0.942. The van der Waals surface area contributed by atoms with Crippen molar-refractivity contribution in [2.45, 2.75) is 51.0 Å². The predicted octanol–water partition coefficient (Wildman–Crippen LogP) is 3.41. The summed E-state index contributed by atoms with van der Waals surface area (Å²) in [4.78, 5) is 24.7. The fourth-order valence-electron chi connectivity index (χ4n) is 3.14. The normalized spacial score (nSPS) is 19.3. The Kier molecular flexibility index (Phi) is 5.56. The number of hydrogen-bond acceptors (Lipinski definition) is 3. The Hall–Kier alpha value is -1.82. The van der Waals surface area contributed by atoms with Gasteiger partial charge in [-0.2, -0.15) is 0 Å². The molecule has 1 aromatic carbocycles. The second kappa shape index (κ2) is 7.83. The molecule has 3 rings (SSSR count). The van der Waals surface area contributed by atoms with Crippen LogP contribution in [-0.2, 0) is 9.59 Å². The van der Waals surface area contributed by atoms with Gasteiger partial charge in [0.15, 0.2) is 0 Å². The van der Waals surface area contributed by atoms with Gasteiger partial charge in [-0.05, 0) is 43.2 Å². The molecule has 2 N–H and O–H groups in total. The monoisotopic (exact) mass is 391 g/mol. The summed E-state index contributed by atoms with van der Waals surface area (Å²) in [7, 11) is 0. The fourth-order valence-corrected chi connectivity index (χ4v) is 3.40. The lowest BCUT2D eigenvalue weighted by Crippen LogP contribution is -2.50. The molecule has 1 aliphatic carbocycles. The molecule has 24 heavy (non-hydrogen) atoms. The third-order valence-corrected chi connectivity index (χ3v) is 5.01. The zero-order valence-electron chi connectivity index (χ0n) is 13.6. The Balaban J connectivity index is 1.66. The molecule has 0 aromatic heterocycles. The number of nitrogens with zero attached hydrogens (tertiary/aromatic N) is 1. The Morgan fingerprint density at radius 2 is 1.79 bits per heavy atom. The Bertz CT molecular complexity index is 634. The Morgan fingerprint density at radius 1 is 1.12 bits per heavy atom. The molecule has 2 amide bonds. The first-order valence-corrected chi connectivity index (χ1v) is 9.29. The van der Waals surface area contributed by atoms with Gasteiger partial charge in [0.25, 0.3) is 5.91 Å². The van der Waals surface area contributed by atoms with Gasteiger partial charge in [0.05, 0.1) is 5.69 Å². The minimum Gasteiger partial charge on any atom is -0.348 e. The standard InChI is InChI=1S/C18H22BrN3O2/c19-13-7-9-15(10-8-13)22-17(23)12-11-16(21-22)18(24)20-14-5-3-1-2-4-6-14/h7-11,14,21H,1-6,12H2,(H,20,24). The van der Waals surface area contributed by atoms with Crippen LogP contribution in [0.3, 0.4) is 0 Å². The molecule has 1 aromatic rings. The summed E-state index contributed by atoms with van der Waals surface area (Å²) in [5.74, 6) is -0.208. The van der Waals surface area contributed by atoms with E-state index < -0.39 is 0 Å². The quantitative estimate of drug-likeness (QED) is 0.775. The molecule has 0 atom stereocenters. The van der Waals surface area contributed by atoms with E-state index >= 15 is 0 Å². The summed E-state index contributed by atoms with van der Waals surface area (Å²) in [6, 6.07) is 7.64. The smallest absolute Gasteiger partial charge is 0.269 e. The third kappa shape index (κ3) is 4.17. The van der Waals surface area contributed by atoms with Gasteiger partial charge in [-0.1, -0.05) is 41.6 Å². The van der Waals surface area contributed by atoms with E-state index in [9.17, 15) is 9.59 Å². The SMILES string of the molecule is O=C(NC1CCCCCC1)C1=CCC(=O)N(c2ccc(Br)cc2)N1. The molecule has 2 aliphatic rings. The highest BCUT2D eigenvalue weighted by Crippen LogP contribution is 2.21. The lowest BCUT2D eigenvalue weighted by atomic mass is 10.1. The molecule has 0 saturated heterocycles. The van der Waals surface area contributed by atoms with E-state index in [1.54, 1.807) is 6.08 Å². The van der Waals surface area contributed by atoms with Crippen LogP contribution >= 0.6 is 15.9 Å². The summed E-state index contributed by atoms with van der Waals surface area (Å²) in [5.41, 5.74) is 4.13. The van der Waals surface area contributed by atoms with Gasteiger partial charge < -0.3 is 5.32 Å². The predicted molar refractivity (Wildman–Crippen MR) is 97.1 cm³/mol. The van der Waals surface area contributed by atoms with Gasteiger partial charge in [0.1, 0.15) is 5.70 Å². The first kappa shape index (κ1) is 17.0. The van der Waals surface area contributed by atoms with Gasteiger partial charge >= 0.3 is 0 Å². The van der Waals surface area contributed by atoms with E-state index in [0.717, 1.165) is 23.0 Å². The van der Waals surface area contributed by atoms with Crippen molar-refractivity contribution in [1.29, 1.82) is 0 Å². The lowest BCUT2D eigenvalue weighted by Gasteiger charge is -2.29. The molecule has 0 bridgehead atoms. The summed E-state index contributed by atoms with van der Waals surface area (Å²) in [6.07, 6.45) is 8.79. The van der Waals surface area contributed by atoms with Crippen molar-refractivity contribution >= 4 is 33.4 Å². The zero-order chi connectivity index (χ0) is 16.9. The number of amides is 2. The van der Waals surface area contributed by atoms with Gasteiger partial charge in [0, 0.05) is 16.9 Å². The topological polar surface area (TPSA) is 61.4 Å². The number of anilines is 1. The number of rotatable bonds is 3. The minimum atomic E-state index is -0.128. The highest BCUT2D eigenvalue weighted by Gasteiger charge is 2.25. The van der Waals surface area contributed by atoms with Crippen LogP contribution in [0, 0.1) is 0 Å². The molecule has 1 aliphatic heterocycles. The zero-order valence-corrected chi connectivity index (χ0v) is 15.1. The summed E-state index contributed by atoms with van der Waals surface area (Å²) in [5, 5.41) is 4.55. The molecule has 0 spiro atoms. The fraction of sp³-hybridized carbons (Fsp3) is 0.444. The second-order valence-corrected chi connectivity index (χ2v) is 7.22. The summed E-state index contributed by atoms with van der Waals surface area (Å²) >= 11 is 3.38. The molecule has 0 unspecified atom stereocenters. The van der Waals surface area contributed by atoms with Crippen molar-refractivity contribution in [1.82, 2.24) is 10.7 Å². The number of carbonyl (C=O) groups excluding carboxylic acids is 2. The molecule has 0 radical (unpaired) electrons. The van der Waals surface area contributed by atoms with E-state index in [1.807, 2.05) is 24.3 Å². The maximum Gasteiger partial charge on any atom is 0.269 e. The van der Waals surface area contributed by atoms with Gasteiger partial charge in [-0.15, -0.1) is 0 Å². The van der Waals surface area contributed by atoms with Crippen LogP contribution in [0.25, 0.3) is 0 Å². The van der Waals surface area contributed by atoms with Crippen molar-refractivity contribution in [3.05, 3.63) is 40.5 Å². The van der Waals surface area contributed by atoms with E-state index in [-0.39, 0.29) is 24.3 Å². The van der Waals surface area contributed by atoms with Gasteiger partial charge in [0.2, 0.25) is 5.91 Å². The number of hydrazine groups is 1. The van der Waals surface area contributed by atoms with Crippen LogP contribution < -0.4 is 15.8 Å². The van der Waals surface area contributed by atoms with E-state index in [0.29, 0.717) is 5.70 Å². The lowest BCUT2D eigenvalue weighted by molar-refractivity contribution is -0.120. The molecular weight excluding hydrogens is 370 g/mol. The van der Waals surface area contributed by atoms with Crippen molar-refractivity contribution in [3.8, 4) is 0 Å². The highest BCUT2D eigenvalue weighted by atomic mass is 79.9. The average molecular weight is 392 g/mol. The van der Waals surface area contributed by atoms with E-state index in [1.165, 1.54) is 30.7 Å². The van der Waals surface area contributed by atoms with Crippen LogP contribution in [0.1, 0.15) is 44.9 Å². The molecule has 5 nitrogen and oxygen atoms in total. The van der Waals surface area contributed by atoms with Crippen molar-refractivity contribution in [2.24, 2.45) is 0 Å². The van der Waals surface area contributed by atoms with Gasteiger partial charge in [-0.25, -0.2) is 5.01 Å². The number of carbonyl (C=O) groups is 2. The molecule has 1 fully saturated rings. The van der Waals surface area contributed by atoms with Crippen LogP contribution in [-0.4, -0.2) is 17.9 Å². The average Bonchev–Trinajstić information content (AvgIpc) is 2.85. The van der Waals surface area contributed by atoms with E-state index in [2.05, 4.69) is 26.7 Å². The molecule has 6 heteroatoms.